The lowest BCUT2D eigenvalue weighted by Gasteiger charge is -2.30. The number of piperidine rings is 1. The molecule has 0 aliphatic carbocycles. The Morgan fingerprint density at radius 3 is 2.50 bits per heavy atom. The van der Waals surface area contributed by atoms with E-state index in [-0.39, 0.29) is 12.0 Å². The predicted molar refractivity (Wildman–Crippen MR) is 110 cm³/mol. The molecule has 1 aliphatic rings. The summed E-state index contributed by atoms with van der Waals surface area (Å²) in [4.78, 5) is 19.4. The standard InChI is InChI=1S/C21H24N6O3/c1-14-4-5-16(22-13-14)18-12-17(21(28)26-10-8-15(29-2)9-11-26)25-27(18)19-6-7-20(30-3)24-23-19/h4-7,12-13,15H,8-11H2,1-3H3. The molecule has 3 aromatic rings. The van der Waals surface area contributed by atoms with Gasteiger partial charge in [-0.05, 0) is 43.5 Å². The smallest absolute Gasteiger partial charge is 0.274 e. The van der Waals surface area contributed by atoms with Gasteiger partial charge in [-0.3, -0.25) is 9.78 Å². The second-order valence-corrected chi connectivity index (χ2v) is 7.21. The molecule has 0 atom stereocenters. The van der Waals surface area contributed by atoms with Crippen LogP contribution in [0.5, 0.6) is 5.88 Å². The highest BCUT2D eigenvalue weighted by atomic mass is 16.5. The zero-order valence-corrected chi connectivity index (χ0v) is 17.3. The quantitative estimate of drug-likeness (QED) is 0.639. The zero-order chi connectivity index (χ0) is 21.1. The van der Waals surface area contributed by atoms with Gasteiger partial charge in [-0.2, -0.15) is 5.10 Å². The lowest BCUT2D eigenvalue weighted by molar-refractivity contribution is 0.0347. The molecule has 156 valence electrons. The molecular formula is C21H24N6O3. The lowest BCUT2D eigenvalue weighted by Crippen LogP contribution is -2.40. The maximum absolute atomic E-state index is 13.1. The van der Waals surface area contributed by atoms with Gasteiger partial charge in [0.1, 0.15) is 0 Å². The fourth-order valence-corrected chi connectivity index (χ4v) is 3.45. The Balaban J connectivity index is 1.70. The molecule has 9 nitrogen and oxygen atoms in total. The van der Waals surface area contributed by atoms with Gasteiger partial charge in [-0.1, -0.05) is 6.07 Å². The molecule has 0 N–H and O–H groups in total. The molecule has 3 aromatic heterocycles. The van der Waals surface area contributed by atoms with E-state index in [2.05, 4.69) is 20.3 Å². The monoisotopic (exact) mass is 408 g/mol. The van der Waals surface area contributed by atoms with E-state index in [1.807, 2.05) is 24.0 Å². The Labute approximate surface area is 174 Å². The summed E-state index contributed by atoms with van der Waals surface area (Å²) in [6.07, 6.45) is 3.62. The van der Waals surface area contributed by atoms with Crippen molar-refractivity contribution in [3.05, 3.63) is 47.8 Å². The van der Waals surface area contributed by atoms with Gasteiger partial charge in [0.15, 0.2) is 11.5 Å². The second-order valence-electron chi connectivity index (χ2n) is 7.21. The molecule has 0 saturated carbocycles. The zero-order valence-electron chi connectivity index (χ0n) is 17.3. The number of carbonyl (C=O) groups is 1. The molecule has 1 saturated heterocycles. The summed E-state index contributed by atoms with van der Waals surface area (Å²) < 4.78 is 12.1. The molecule has 0 aromatic carbocycles. The number of pyridine rings is 1. The number of ether oxygens (including phenoxy) is 2. The maximum Gasteiger partial charge on any atom is 0.274 e. The van der Waals surface area contributed by atoms with E-state index in [1.165, 1.54) is 7.11 Å². The number of methoxy groups -OCH3 is 2. The Bertz CT molecular complexity index is 1010. The third-order valence-corrected chi connectivity index (χ3v) is 5.22. The van der Waals surface area contributed by atoms with Crippen LogP contribution < -0.4 is 4.74 Å². The molecule has 4 heterocycles. The molecule has 1 amide bonds. The van der Waals surface area contributed by atoms with Crippen molar-refractivity contribution in [3.8, 4) is 23.1 Å². The van der Waals surface area contributed by atoms with Gasteiger partial charge in [-0.15, -0.1) is 10.2 Å². The average Bonchev–Trinajstić information content (AvgIpc) is 3.24. The Kier molecular flexibility index (Phi) is 5.71. The fraction of sp³-hybridized carbons (Fsp3) is 0.381. The Morgan fingerprint density at radius 2 is 1.90 bits per heavy atom. The van der Waals surface area contributed by atoms with Gasteiger partial charge in [0, 0.05) is 32.5 Å². The van der Waals surface area contributed by atoms with E-state index >= 15 is 0 Å². The largest absolute Gasteiger partial charge is 0.480 e. The van der Waals surface area contributed by atoms with Crippen molar-refractivity contribution in [1.82, 2.24) is 29.9 Å². The van der Waals surface area contributed by atoms with E-state index in [1.54, 1.807) is 36.2 Å². The summed E-state index contributed by atoms with van der Waals surface area (Å²) in [5.41, 5.74) is 2.76. The summed E-state index contributed by atoms with van der Waals surface area (Å²) in [5, 5.41) is 12.8. The van der Waals surface area contributed by atoms with Gasteiger partial charge in [0.2, 0.25) is 5.88 Å². The summed E-state index contributed by atoms with van der Waals surface area (Å²) >= 11 is 0. The Hall–Kier alpha value is -3.33. The van der Waals surface area contributed by atoms with Crippen LogP contribution in [0.25, 0.3) is 17.2 Å². The minimum atomic E-state index is -0.113. The van der Waals surface area contributed by atoms with Crippen molar-refractivity contribution in [1.29, 1.82) is 0 Å². The second kappa shape index (κ2) is 8.58. The van der Waals surface area contributed by atoms with Crippen molar-refractivity contribution in [2.24, 2.45) is 0 Å². The number of rotatable bonds is 5. The topological polar surface area (TPSA) is 95.3 Å². The van der Waals surface area contributed by atoms with Crippen molar-refractivity contribution in [2.45, 2.75) is 25.9 Å². The molecule has 0 unspecified atom stereocenters. The normalized spacial score (nSPS) is 14.7. The summed E-state index contributed by atoms with van der Waals surface area (Å²) in [5.74, 6) is 0.765. The molecule has 0 bridgehead atoms. The number of likely N-dealkylation sites (tertiary alicyclic amines) is 1. The van der Waals surface area contributed by atoms with Crippen LogP contribution in [0.2, 0.25) is 0 Å². The van der Waals surface area contributed by atoms with Gasteiger partial charge >= 0.3 is 0 Å². The van der Waals surface area contributed by atoms with Crippen molar-refractivity contribution in [3.63, 3.8) is 0 Å². The minimum absolute atomic E-state index is 0.113. The van der Waals surface area contributed by atoms with E-state index in [0.29, 0.717) is 41.9 Å². The third-order valence-electron chi connectivity index (χ3n) is 5.22. The van der Waals surface area contributed by atoms with Crippen molar-refractivity contribution >= 4 is 5.91 Å². The summed E-state index contributed by atoms with van der Waals surface area (Å²) in [6, 6.07) is 9.07. The molecule has 30 heavy (non-hydrogen) atoms. The summed E-state index contributed by atoms with van der Waals surface area (Å²) in [6.45, 7) is 3.26. The fourth-order valence-electron chi connectivity index (χ4n) is 3.45. The van der Waals surface area contributed by atoms with Crippen LogP contribution in [0.15, 0.2) is 36.5 Å². The van der Waals surface area contributed by atoms with E-state index in [9.17, 15) is 4.79 Å². The van der Waals surface area contributed by atoms with Crippen molar-refractivity contribution < 1.29 is 14.3 Å². The molecular weight excluding hydrogens is 384 g/mol. The molecule has 9 heteroatoms. The maximum atomic E-state index is 13.1. The molecule has 4 rings (SSSR count). The van der Waals surface area contributed by atoms with Gasteiger partial charge < -0.3 is 14.4 Å². The SMILES string of the molecule is COc1ccc(-n2nc(C(=O)N3CCC(OC)CC3)cc2-c2ccc(C)cn2)nn1. The van der Waals surface area contributed by atoms with Crippen LogP contribution in [0.4, 0.5) is 0 Å². The lowest BCUT2D eigenvalue weighted by atomic mass is 10.1. The number of hydrogen-bond donors (Lipinski definition) is 0. The summed E-state index contributed by atoms with van der Waals surface area (Å²) in [7, 11) is 3.24. The van der Waals surface area contributed by atoms with Crippen molar-refractivity contribution in [2.75, 3.05) is 27.3 Å². The molecule has 0 spiro atoms. The Morgan fingerprint density at radius 1 is 1.10 bits per heavy atom. The van der Waals surface area contributed by atoms with E-state index in [0.717, 1.165) is 18.4 Å². The first-order valence-corrected chi connectivity index (χ1v) is 9.82. The van der Waals surface area contributed by atoms with Crippen LogP contribution in [0, 0.1) is 6.92 Å². The number of aromatic nitrogens is 5. The van der Waals surface area contributed by atoms with Crippen LogP contribution in [0.3, 0.4) is 0 Å². The molecule has 1 aliphatic heterocycles. The molecule has 1 fully saturated rings. The first-order chi connectivity index (χ1) is 14.6. The van der Waals surface area contributed by atoms with Crippen LogP contribution in [0.1, 0.15) is 28.9 Å². The van der Waals surface area contributed by atoms with E-state index in [4.69, 9.17) is 9.47 Å². The number of aryl methyl sites for hydroxylation is 1. The van der Waals surface area contributed by atoms with Crippen LogP contribution in [-0.2, 0) is 4.74 Å². The number of amides is 1. The highest BCUT2D eigenvalue weighted by Gasteiger charge is 2.26. The number of carbonyl (C=O) groups excluding carboxylic acids is 1. The van der Waals surface area contributed by atoms with Crippen LogP contribution >= 0.6 is 0 Å². The average molecular weight is 408 g/mol. The van der Waals surface area contributed by atoms with Gasteiger partial charge in [0.05, 0.1) is 24.6 Å². The van der Waals surface area contributed by atoms with E-state index < -0.39 is 0 Å². The predicted octanol–water partition coefficient (Wildman–Crippen LogP) is 2.29. The highest BCUT2D eigenvalue weighted by Crippen LogP contribution is 2.24. The third kappa shape index (κ3) is 4.02. The molecule has 0 radical (unpaired) electrons. The number of nitrogens with zero attached hydrogens (tertiary/aromatic N) is 6. The minimum Gasteiger partial charge on any atom is -0.480 e. The number of hydrogen-bond acceptors (Lipinski definition) is 7. The first-order valence-electron chi connectivity index (χ1n) is 9.82. The highest BCUT2D eigenvalue weighted by molar-refractivity contribution is 5.93. The first kappa shape index (κ1) is 20.0. The van der Waals surface area contributed by atoms with Crippen LogP contribution in [-0.4, -0.2) is 69.2 Å². The van der Waals surface area contributed by atoms with Gasteiger partial charge in [0.25, 0.3) is 5.91 Å². The van der Waals surface area contributed by atoms with Gasteiger partial charge in [-0.25, -0.2) is 4.68 Å².